The van der Waals surface area contributed by atoms with Gasteiger partial charge in [0.2, 0.25) is 11.8 Å². The first-order valence-electron chi connectivity index (χ1n) is 6.62. The Morgan fingerprint density at radius 2 is 2.37 bits per heavy atom. The van der Waals surface area contributed by atoms with Crippen LogP contribution in [0.1, 0.15) is 25.7 Å². The molecule has 2 heterocycles. The van der Waals surface area contributed by atoms with Crippen LogP contribution in [0.2, 0.25) is 0 Å². The van der Waals surface area contributed by atoms with Gasteiger partial charge in [0, 0.05) is 19.5 Å². The first-order valence-corrected chi connectivity index (χ1v) is 6.62. The van der Waals surface area contributed by atoms with E-state index in [2.05, 4.69) is 27.3 Å². The van der Waals surface area contributed by atoms with E-state index in [1.54, 1.807) is 6.92 Å². The van der Waals surface area contributed by atoms with E-state index in [1.807, 2.05) is 0 Å². The average Bonchev–Trinajstić information content (AvgIpc) is 2.76. The largest absolute Gasteiger partial charge is 0.408 e. The highest BCUT2D eigenvalue weighted by molar-refractivity contribution is 5.90. The average molecular weight is 267 g/mol. The molecule has 0 spiro atoms. The van der Waals surface area contributed by atoms with Crippen LogP contribution in [0, 0.1) is 12.8 Å². The lowest BCUT2D eigenvalue weighted by atomic mass is 9.92. The molecule has 7 nitrogen and oxygen atoms in total. The Labute approximate surface area is 112 Å². The third kappa shape index (κ3) is 3.74. The number of nitrogens with zero attached hydrogens (tertiary/aromatic N) is 3. The minimum absolute atomic E-state index is 0.142. The topological polar surface area (TPSA) is 97.3 Å². The van der Waals surface area contributed by atoms with Crippen LogP contribution in [0.15, 0.2) is 4.42 Å². The highest BCUT2D eigenvalue weighted by atomic mass is 16.4. The Hall–Kier alpha value is -1.47. The van der Waals surface area contributed by atoms with E-state index in [-0.39, 0.29) is 18.0 Å². The number of nitrogens with one attached hydrogen (secondary N) is 1. The highest BCUT2D eigenvalue weighted by Gasteiger charge is 2.26. The molecular formula is C12H21N5O2. The summed E-state index contributed by atoms with van der Waals surface area (Å²) in [7, 11) is 0. The third-order valence-corrected chi connectivity index (χ3v) is 3.49. The van der Waals surface area contributed by atoms with Crippen molar-refractivity contribution in [3.05, 3.63) is 5.89 Å². The summed E-state index contributed by atoms with van der Waals surface area (Å²) in [5, 5.41) is 10.0. The summed E-state index contributed by atoms with van der Waals surface area (Å²) >= 11 is 0. The van der Waals surface area contributed by atoms with Crippen molar-refractivity contribution in [1.29, 1.82) is 0 Å². The SMILES string of the molecule is Cc1nnc(NC(=O)CN2CCC(C)CC2CN)o1. The van der Waals surface area contributed by atoms with Crippen LogP contribution < -0.4 is 11.1 Å². The molecule has 0 aromatic carbocycles. The predicted molar refractivity (Wildman–Crippen MR) is 70.5 cm³/mol. The number of aryl methyl sites for hydroxylation is 1. The van der Waals surface area contributed by atoms with Gasteiger partial charge in [-0.25, -0.2) is 0 Å². The Bertz CT molecular complexity index is 434. The number of piperidine rings is 1. The molecule has 0 bridgehead atoms. The quantitative estimate of drug-likeness (QED) is 0.818. The van der Waals surface area contributed by atoms with E-state index < -0.39 is 0 Å². The van der Waals surface area contributed by atoms with Crippen LogP contribution in [0.4, 0.5) is 6.01 Å². The lowest BCUT2D eigenvalue weighted by molar-refractivity contribution is -0.118. The molecule has 1 aromatic rings. The molecule has 0 saturated carbocycles. The number of hydrogen-bond donors (Lipinski definition) is 2. The molecule has 2 atom stereocenters. The van der Waals surface area contributed by atoms with E-state index in [4.69, 9.17) is 10.2 Å². The lowest BCUT2D eigenvalue weighted by Crippen LogP contribution is -2.49. The van der Waals surface area contributed by atoms with Gasteiger partial charge < -0.3 is 10.2 Å². The second kappa shape index (κ2) is 6.12. The van der Waals surface area contributed by atoms with Gasteiger partial charge in [-0.05, 0) is 25.3 Å². The van der Waals surface area contributed by atoms with E-state index in [0.29, 0.717) is 24.9 Å². The van der Waals surface area contributed by atoms with Crippen LogP contribution in [0.25, 0.3) is 0 Å². The van der Waals surface area contributed by atoms with E-state index >= 15 is 0 Å². The fourth-order valence-corrected chi connectivity index (χ4v) is 2.44. The van der Waals surface area contributed by atoms with Crippen LogP contribution in [0.5, 0.6) is 0 Å². The van der Waals surface area contributed by atoms with Crippen molar-refractivity contribution in [1.82, 2.24) is 15.1 Å². The number of nitrogens with two attached hydrogens (primary N) is 1. The van der Waals surface area contributed by atoms with E-state index in [9.17, 15) is 4.79 Å². The van der Waals surface area contributed by atoms with E-state index in [0.717, 1.165) is 19.4 Å². The van der Waals surface area contributed by atoms with Crippen molar-refractivity contribution >= 4 is 11.9 Å². The standard InChI is InChI=1S/C12H21N5O2/c1-8-3-4-17(10(5-8)6-13)7-11(18)14-12-16-15-9(2)19-12/h8,10H,3-7,13H2,1-2H3,(H,14,16,18). The zero-order valence-electron chi connectivity index (χ0n) is 11.4. The van der Waals surface area contributed by atoms with Gasteiger partial charge in [-0.2, -0.15) is 0 Å². The normalized spacial score (nSPS) is 24.4. The summed E-state index contributed by atoms with van der Waals surface area (Å²) in [4.78, 5) is 14.0. The Balaban J connectivity index is 1.87. The summed E-state index contributed by atoms with van der Waals surface area (Å²) in [5.74, 6) is 0.963. The van der Waals surface area contributed by atoms with Crippen molar-refractivity contribution in [3.63, 3.8) is 0 Å². The minimum atomic E-state index is -0.142. The number of rotatable bonds is 4. The number of carbonyl (C=O) groups is 1. The number of likely N-dealkylation sites (tertiary alicyclic amines) is 1. The molecule has 2 rings (SSSR count). The van der Waals surface area contributed by atoms with Crippen molar-refractivity contribution in [3.8, 4) is 0 Å². The van der Waals surface area contributed by atoms with Gasteiger partial charge in [-0.15, -0.1) is 5.10 Å². The molecule has 0 aliphatic carbocycles. The van der Waals surface area contributed by atoms with Gasteiger partial charge in [0.05, 0.1) is 6.54 Å². The molecule has 0 radical (unpaired) electrons. The molecule has 3 N–H and O–H groups in total. The molecule has 106 valence electrons. The molecule has 1 fully saturated rings. The predicted octanol–water partition coefficient (Wildman–Crippen LogP) is 0.376. The van der Waals surface area contributed by atoms with Gasteiger partial charge in [0.15, 0.2) is 0 Å². The van der Waals surface area contributed by atoms with Crippen LogP contribution >= 0.6 is 0 Å². The number of carbonyl (C=O) groups excluding carboxylic acids is 1. The monoisotopic (exact) mass is 267 g/mol. The van der Waals surface area contributed by atoms with Crippen LogP contribution in [-0.2, 0) is 4.79 Å². The van der Waals surface area contributed by atoms with Gasteiger partial charge in [0.1, 0.15) is 0 Å². The lowest BCUT2D eigenvalue weighted by Gasteiger charge is -2.37. The second-order valence-electron chi connectivity index (χ2n) is 5.16. The minimum Gasteiger partial charge on any atom is -0.408 e. The van der Waals surface area contributed by atoms with Crippen molar-refractivity contribution < 1.29 is 9.21 Å². The smallest absolute Gasteiger partial charge is 0.322 e. The highest BCUT2D eigenvalue weighted by Crippen LogP contribution is 2.21. The molecule has 19 heavy (non-hydrogen) atoms. The van der Waals surface area contributed by atoms with Crippen molar-refractivity contribution in [2.24, 2.45) is 11.7 Å². The number of aromatic nitrogens is 2. The molecule has 1 aromatic heterocycles. The molecule has 1 aliphatic rings. The Kier molecular flexibility index (Phi) is 4.49. The summed E-state index contributed by atoms with van der Waals surface area (Å²) < 4.78 is 5.12. The van der Waals surface area contributed by atoms with Gasteiger partial charge in [-0.3, -0.25) is 15.0 Å². The molecule has 1 aliphatic heterocycles. The molecular weight excluding hydrogens is 246 g/mol. The maximum atomic E-state index is 11.9. The zero-order valence-corrected chi connectivity index (χ0v) is 11.4. The first kappa shape index (κ1) is 14.0. The number of hydrogen-bond acceptors (Lipinski definition) is 6. The van der Waals surface area contributed by atoms with Crippen LogP contribution in [0.3, 0.4) is 0 Å². The Morgan fingerprint density at radius 1 is 1.58 bits per heavy atom. The zero-order chi connectivity index (χ0) is 13.8. The number of amides is 1. The number of anilines is 1. The van der Waals surface area contributed by atoms with Gasteiger partial charge in [0.25, 0.3) is 0 Å². The second-order valence-corrected chi connectivity index (χ2v) is 5.16. The summed E-state index contributed by atoms with van der Waals surface area (Å²) in [6.45, 7) is 5.70. The van der Waals surface area contributed by atoms with Gasteiger partial charge in [-0.1, -0.05) is 12.0 Å². The molecule has 7 heteroatoms. The van der Waals surface area contributed by atoms with Crippen molar-refractivity contribution in [2.75, 3.05) is 25.0 Å². The molecule has 1 saturated heterocycles. The Morgan fingerprint density at radius 3 is 3.00 bits per heavy atom. The maximum Gasteiger partial charge on any atom is 0.322 e. The summed E-state index contributed by atoms with van der Waals surface area (Å²) in [5.41, 5.74) is 5.77. The summed E-state index contributed by atoms with van der Waals surface area (Å²) in [6, 6.07) is 0.427. The maximum absolute atomic E-state index is 11.9. The third-order valence-electron chi connectivity index (χ3n) is 3.49. The van der Waals surface area contributed by atoms with Crippen LogP contribution in [-0.4, -0.2) is 46.7 Å². The first-order chi connectivity index (χ1) is 9.08. The fourth-order valence-electron chi connectivity index (χ4n) is 2.44. The van der Waals surface area contributed by atoms with Crippen molar-refractivity contribution in [2.45, 2.75) is 32.7 Å². The fraction of sp³-hybridized carbons (Fsp3) is 0.750. The van der Waals surface area contributed by atoms with E-state index in [1.165, 1.54) is 0 Å². The summed E-state index contributed by atoms with van der Waals surface area (Å²) in [6.07, 6.45) is 2.15. The van der Waals surface area contributed by atoms with Gasteiger partial charge >= 0.3 is 6.01 Å². The molecule has 1 amide bonds. The molecule has 2 unspecified atom stereocenters.